The minimum absolute atomic E-state index is 0.0780. The first-order valence-corrected chi connectivity index (χ1v) is 10.6. The Morgan fingerprint density at radius 2 is 1.80 bits per heavy atom. The Kier molecular flexibility index (Phi) is 5.54. The zero-order valence-corrected chi connectivity index (χ0v) is 15.7. The Labute approximate surface area is 150 Å². The van der Waals surface area contributed by atoms with Crippen LogP contribution >= 0.6 is 0 Å². The minimum atomic E-state index is -3.74. The zero-order chi connectivity index (χ0) is 18.0. The van der Waals surface area contributed by atoms with Crippen molar-refractivity contribution in [1.29, 1.82) is 0 Å². The normalized spacial score (nSPS) is 30.0. The van der Waals surface area contributed by atoms with E-state index in [2.05, 4.69) is 0 Å². The second kappa shape index (κ2) is 7.35. The molecule has 0 amide bonds. The van der Waals surface area contributed by atoms with E-state index >= 15 is 0 Å². The lowest BCUT2D eigenvalue weighted by Gasteiger charge is -2.48. The van der Waals surface area contributed by atoms with Crippen molar-refractivity contribution in [3.05, 3.63) is 29.8 Å². The van der Waals surface area contributed by atoms with Gasteiger partial charge in [-0.25, -0.2) is 0 Å². The summed E-state index contributed by atoms with van der Waals surface area (Å²) in [5.41, 5.74) is -0.292. The summed E-state index contributed by atoms with van der Waals surface area (Å²) in [5.74, 6) is 0. The monoisotopic (exact) mass is 368 g/mol. The predicted molar refractivity (Wildman–Crippen MR) is 94.9 cm³/mol. The Balaban J connectivity index is 1.56. The molecule has 1 saturated heterocycles. The Morgan fingerprint density at radius 3 is 2.48 bits per heavy atom. The van der Waals surface area contributed by atoms with E-state index in [9.17, 15) is 13.5 Å². The van der Waals surface area contributed by atoms with Gasteiger partial charge in [0.25, 0.3) is 10.1 Å². The summed E-state index contributed by atoms with van der Waals surface area (Å²) >= 11 is 0. The second-order valence-corrected chi connectivity index (χ2v) is 8.99. The van der Waals surface area contributed by atoms with Gasteiger partial charge in [-0.3, -0.25) is 4.18 Å². The van der Waals surface area contributed by atoms with E-state index in [-0.39, 0.29) is 11.5 Å². The van der Waals surface area contributed by atoms with Crippen LogP contribution in [0, 0.1) is 6.92 Å². The molecule has 2 aliphatic rings. The van der Waals surface area contributed by atoms with Gasteiger partial charge in [0, 0.05) is 6.61 Å². The molecule has 2 fully saturated rings. The third-order valence-electron chi connectivity index (χ3n) is 5.66. The molecule has 1 saturated carbocycles. The topological polar surface area (TPSA) is 72.8 Å². The van der Waals surface area contributed by atoms with Crippen molar-refractivity contribution < 1.29 is 22.4 Å². The van der Waals surface area contributed by atoms with Crippen molar-refractivity contribution in [2.75, 3.05) is 13.2 Å². The van der Waals surface area contributed by atoms with Crippen LogP contribution in [0.25, 0.3) is 0 Å². The van der Waals surface area contributed by atoms with Crippen LogP contribution in [-0.4, -0.2) is 37.9 Å². The van der Waals surface area contributed by atoms with E-state index in [1.54, 1.807) is 24.3 Å². The third kappa shape index (κ3) is 3.92. The zero-order valence-electron chi connectivity index (χ0n) is 14.9. The minimum Gasteiger partial charge on any atom is -0.387 e. The summed E-state index contributed by atoms with van der Waals surface area (Å²) in [6.45, 7) is 2.69. The maximum atomic E-state index is 12.2. The molecular weight excluding hydrogens is 340 g/mol. The number of rotatable bonds is 6. The number of ether oxygens (including phenoxy) is 1. The van der Waals surface area contributed by atoms with E-state index in [1.165, 1.54) is 0 Å². The van der Waals surface area contributed by atoms with E-state index < -0.39 is 21.3 Å². The van der Waals surface area contributed by atoms with Gasteiger partial charge in [-0.2, -0.15) is 8.42 Å². The predicted octanol–water partition coefficient (Wildman–Crippen LogP) is 3.33. The summed E-state index contributed by atoms with van der Waals surface area (Å²) in [4.78, 5) is 0.171. The van der Waals surface area contributed by atoms with Gasteiger partial charge in [0.15, 0.2) is 0 Å². The molecular formula is C19H28O5S. The molecule has 1 heterocycles. The van der Waals surface area contributed by atoms with Gasteiger partial charge in [-0.05, 0) is 57.6 Å². The molecule has 25 heavy (non-hydrogen) atoms. The first kappa shape index (κ1) is 18.8. The maximum Gasteiger partial charge on any atom is 0.296 e. The van der Waals surface area contributed by atoms with Crippen LogP contribution in [-0.2, 0) is 19.0 Å². The fourth-order valence-electron chi connectivity index (χ4n) is 4.21. The Hall–Kier alpha value is -0.950. The summed E-state index contributed by atoms with van der Waals surface area (Å²) in [5, 5.41) is 11.2. The van der Waals surface area contributed by atoms with Crippen molar-refractivity contribution in [2.45, 2.75) is 74.4 Å². The van der Waals surface area contributed by atoms with Gasteiger partial charge < -0.3 is 9.84 Å². The highest BCUT2D eigenvalue weighted by atomic mass is 32.2. The first-order chi connectivity index (χ1) is 11.9. The summed E-state index contributed by atoms with van der Waals surface area (Å²) in [7, 11) is -3.74. The lowest BCUT2D eigenvalue weighted by molar-refractivity contribution is -0.186. The average Bonchev–Trinajstić information content (AvgIpc) is 3.06. The van der Waals surface area contributed by atoms with E-state index in [4.69, 9.17) is 8.92 Å². The molecule has 1 aromatic rings. The van der Waals surface area contributed by atoms with Crippen LogP contribution in [0.5, 0.6) is 0 Å². The number of hydrogen-bond donors (Lipinski definition) is 1. The molecule has 6 heteroatoms. The van der Waals surface area contributed by atoms with Gasteiger partial charge in [0.05, 0.1) is 22.7 Å². The molecule has 5 nitrogen and oxygen atoms in total. The third-order valence-corrected chi connectivity index (χ3v) is 6.98. The van der Waals surface area contributed by atoms with E-state index in [1.807, 2.05) is 6.92 Å². The highest BCUT2D eigenvalue weighted by Gasteiger charge is 2.53. The summed E-state index contributed by atoms with van der Waals surface area (Å²) < 4.78 is 35.6. The molecule has 1 spiro atoms. The molecule has 0 unspecified atom stereocenters. The van der Waals surface area contributed by atoms with Crippen molar-refractivity contribution in [3.63, 3.8) is 0 Å². The fourth-order valence-corrected chi connectivity index (χ4v) is 5.15. The quantitative estimate of drug-likeness (QED) is 0.616. The molecule has 0 radical (unpaired) electrons. The number of aryl methyl sites for hydroxylation is 1. The molecule has 1 aromatic carbocycles. The lowest BCUT2D eigenvalue weighted by atomic mass is 9.68. The van der Waals surface area contributed by atoms with Crippen molar-refractivity contribution in [2.24, 2.45) is 0 Å². The second-order valence-electron chi connectivity index (χ2n) is 7.38. The standard InChI is InChI=1S/C19H28O5S/c1-16-6-8-17(9-7-16)25(21,22)24-15-4-11-18(20)10-2-3-12-19(18)13-5-14-23-19/h6-9,20H,2-5,10-15H2,1H3/t18-,19-/m1/s1. The number of hydrogen-bond acceptors (Lipinski definition) is 5. The highest BCUT2D eigenvalue weighted by molar-refractivity contribution is 7.86. The van der Waals surface area contributed by atoms with Crippen LogP contribution in [0.1, 0.15) is 56.9 Å². The molecule has 140 valence electrons. The molecule has 1 N–H and O–H groups in total. The van der Waals surface area contributed by atoms with Gasteiger partial charge in [-0.1, -0.05) is 30.5 Å². The molecule has 1 aliphatic heterocycles. The van der Waals surface area contributed by atoms with Crippen molar-refractivity contribution in [3.8, 4) is 0 Å². The van der Waals surface area contributed by atoms with Crippen LogP contribution in [0.4, 0.5) is 0 Å². The average molecular weight is 368 g/mol. The highest BCUT2D eigenvalue weighted by Crippen LogP contribution is 2.48. The van der Waals surface area contributed by atoms with Crippen LogP contribution < -0.4 is 0 Å². The lowest BCUT2D eigenvalue weighted by Crippen LogP contribution is -2.56. The molecule has 0 bridgehead atoms. The van der Waals surface area contributed by atoms with Gasteiger partial charge in [0.2, 0.25) is 0 Å². The van der Waals surface area contributed by atoms with Crippen LogP contribution in [0.2, 0.25) is 0 Å². The van der Waals surface area contributed by atoms with Crippen molar-refractivity contribution >= 4 is 10.1 Å². The van der Waals surface area contributed by atoms with Gasteiger partial charge in [0.1, 0.15) is 0 Å². The number of benzene rings is 1. The van der Waals surface area contributed by atoms with E-state index in [0.29, 0.717) is 19.4 Å². The summed E-state index contributed by atoms with van der Waals surface area (Å²) in [6.07, 6.45) is 6.57. The SMILES string of the molecule is Cc1ccc(S(=O)(=O)OCCC[C@]2(O)CCCC[C@@]23CCCO3)cc1. The largest absolute Gasteiger partial charge is 0.387 e. The van der Waals surface area contributed by atoms with E-state index in [0.717, 1.165) is 44.1 Å². The Bertz CT molecular complexity index is 676. The van der Waals surface area contributed by atoms with Gasteiger partial charge in [-0.15, -0.1) is 0 Å². The summed E-state index contributed by atoms with van der Waals surface area (Å²) in [6, 6.07) is 6.62. The fraction of sp³-hybridized carbons (Fsp3) is 0.684. The maximum absolute atomic E-state index is 12.2. The first-order valence-electron chi connectivity index (χ1n) is 9.19. The number of aliphatic hydroxyl groups is 1. The molecule has 1 aliphatic carbocycles. The van der Waals surface area contributed by atoms with Crippen LogP contribution in [0.15, 0.2) is 29.2 Å². The van der Waals surface area contributed by atoms with Crippen molar-refractivity contribution in [1.82, 2.24) is 0 Å². The smallest absolute Gasteiger partial charge is 0.296 e. The molecule has 3 rings (SSSR count). The Morgan fingerprint density at radius 1 is 1.12 bits per heavy atom. The molecule has 2 atom stereocenters. The van der Waals surface area contributed by atoms with Gasteiger partial charge >= 0.3 is 0 Å². The van der Waals surface area contributed by atoms with Crippen LogP contribution in [0.3, 0.4) is 0 Å². The molecule has 0 aromatic heterocycles.